The van der Waals surface area contributed by atoms with Crippen LogP contribution in [0.25, 0.3) is 0 Å². The summed E-state index contributed by atoms with van der Waals surface area (Å²) in [7, 11) is 1.99. The maximum atomic E-state index is 5.79. The van der Waals surface area contributed by atoms with E-state index in [-0.39, 0.29) is 12.0 Å². The molecule has 1 aliphatic rings. The Kier molecular flexibility index (Phi) is 3.31. The van der Waals surface area contributed by atoms with Gasteiger partial charge in [-0.25, -0.2) is 10.4 Å². The molecule has 3 rings (SSSR count). The number of hydrogen-bond acceptors (Lipinski definition) is 4. The monoisotopic (exact) mass is 257 g/mol. The molecular formula is C14H19N5. The highest BCUT2D eigenvalue weighted by molar-refractivity contribution is 5.28. The molecular weight excluding hydrogens is 238 g/mol. The number of nitrogens with one attached hydrogen (secondary N) is 1. The number of hydrogen-bond donors (Lipinski definition) is 2. The van der Waals surface area contributed by atoms with Crippen molar-refractivity contribution >= 4 is 0 Å². The quantitative estimate of drug-likeness (QED) is 0.645. The normalized spacial score (nSPS) is 20.0. The summed E-state index contributed by atoms with van der Waals surface area (Å²) in [5.74, 6) is 7.04. The highest BCUT2D eigenvalue weighted by atomic mass is 15.3. The SMILES string of the molecule is Cn1ccnc1C(NN)C1CCCc2cccnc21. The first-order valence-corrected chi connectivity index (χ1v) is 6.68. The largest absolute Gasteiger partial charge is 0.337 e. The van der Waals surface area contributed by atoms with Gasteiger partial charge in [0.15, 0.2) is 0 Å². The van der Waals surface area contributed by atoms with Gasteiger partial charge in [-0.1, -0.05) is 6.07 Å². The van der Waals surface area contributed by atoms with Crippen LogP contribution in [-0.4, -0.2) is 14.5 Å². The number of hydrazine groups is 1. The van der Waals surface area contributed by atoms with Crippen LogP contribution in [0.15, 0.2) is 30.7 Å². The molecule has 2 aromatic rings. The molecule has 0 aliphatic heterocycles. The van der Waals surface area contributed by atoms with Crippen LogP contribution < -0.4 is 11.3 Å². The van der Waals surface area contributed by atoms with Gasteiger partial charge in [-0.05, 0) is 30.9 Å². The minimum absolute atomic E-state index is 0.00829. The first kappa shape index (κ1) is 12.3. The molecule has 0 aromatic carbocycles. The van der Waals surface area contributed by atoms with Crippen molar-refractivity contribution in [2.45, 2.75) is 31.2 Å². The predicted molar refractivity (Wildman–Crippen MR) is 73.2 cm³/mol. The van der Waals surface area contributed by atoms with Crippen molar-refractivity contribution in [3.63, 3.8) is 0 Å². The van der Waals surface area contributed by atoms with E-state index < -0.39 is 0 Å². The number of pyridine rings is 1. The highest BCUT2D eigenvalue weighted by Crippen LogP contribution is 2.38. The smallest absolute Gasteiger partial charge is 0.127 e. The molecule has 19 heavy (non-hydrogen) atoms. The molecule has 2 aromatic heterocycles. The van der Waals surface area contributed by atoms with E-state index in [1.165, 1.54) is 17.7 Å². The number of aromatic nitrogens is 3. The van der Waals surface area contributed by atoms with Gasteiger partial charge < -0.3 is 4.57 Å². The van der Waals surface area contributed by atoms with Crippen molar-refractivity contribution < 1.29 is 0 Å². The predicted octanol–water partition coefficient (Wildman–Crippen LogP) is 1.44. The molecule has 0 radical (unpaired) electrons. The standard InChI is InChI=1S/C14H19N5/c1-19-9-8-17-14(19)13(18-15)11-6-2-4-10-5-3-7-16-12(10)11/h3,5,7-9,11,13,18H,2,4,6,15H2,1H3. The van der Waals surface area contributed by atoms with Gasteiger partial charge in [0, 0.05) is 37.3 Å². The average Bonchev–Trinajstić information content (AvgIpc) is 2.86. The van der Waals surface area contributed by atoms with Crippen molar-refractivity contribution in [1.29, 1.82) is 0 Å². The second kappa shape index (κ2) is 5.11. The molecule has 5 heteroatoms. The lowest BCUT2D eigenvalue weighted by Crippen LogP contribution is -2.36. The van der Waals surface area contributed by atoms with Crippen LogP contribution in [0.1, 0.15) is 41.9 Å². The fourth-order valence-corrected chi connectivity index (χ4v) is 3.02. The summed E-state index contributed by atoms with van der Waals surface area (Å²) < 4.78 is 2.02. The summed E-state index contributed by atoms with van der Waals surface area (Å²) in [4.78, 5) is 9.00. The minimum Gasteiger partial charge on any atom is -0.337 e. The lowest BCUT2D eigenvalue weighted by Gasteiger charge is -2.30. The van der Waals surface area contributed by atoms with Gasteiger partial charge >= 0.3 is 0 Å². The first-order valence-electron chi connectivity index (χ1n) is 6.68. The second-order valence-electron chi connectivity index (χ2n) is 5.09. The number of fused-ring (bicyclic) bond motifs is 1. The third kappa shape index (κ3) is 2.15. The molecule has 100 valence electrons. The van der Waals surface area contributed by atoms with Crippen LogP contribution in [0.4, 0.5) is 0 Å². The van der Waals surface area contributed by atoms with Gasteiger partial charge in [0.2, 0.25) is 0 Å². The molecule has 2 unspecified atom stereocenters. The zero-order chi connectivity index (χ0) is 13.2. The van der Waals surface area contributed by atoms with Gasteiger partial charge in [0.25, 0.3) is 0 Å². The van der Waals surface area contributed by atoms with Gasteiger partial charge in [0.1, 0.15) is 5.82 Å². The lowest BCUT2D eigenvalue weighted by atomic mass is 9.82. The Balaban J connectivity index is 2.00. The number of imidazole rings is 1. The molecule has 0 fully saturated rings. The van der Waals surface area contributed by atoms with Crippen LogP contribution in [-0.2, 0) is 13.5 Å². The van der Waals surface area contributed by atoms with Crippen LogP contribution in [0.2, 0.25) is 0 Å². The van der Waals surface area contributed by atoms with E-state index in [1.807, 2.05) is 36.3 Å². The Morgan fingerprint density at radius 2 is 2.32 bits per heavy atom. The Hall–Kier alpha value is -1.72. The van der Waals surface area contributed by atoms with Crippen molar-refractivity contribution in [2.24, 2.45) is 12.9 Å². The number of nitrogens with two attached hydrogens (primary N) is 1. The van der Waals surface area contributed by atoms with Gasteiger partial charge in [-0.15, -0.1) is 0 Å². The van der Waals surface area contributed by atoms with E-state index in [0.717, 1.165) is 18.7 Å². The molecule has 2 atom stereocenters. The molecule has 0 saturated carbocycles. The molecule has 0 saturated heterocycles. The fraction of sp³-hybridized carbons (Fsp3) is 0.429. The zero-order valence-electron chi connectivity index (χ0n) is 11.1. The maximum Gasteiger partial charge on any atom is 0.127 e. The number of nitrogens with zero attached hydrogens (tertiary/aromatic N) is 3. The summed E-state index contributed by atoms with van der Waals surface area (Å²) in [5.41, 5.74) is 5.44. The van der Waals surface area contributed by atoms with Crippen molar-refractivity contribution in [1.82, 2.24) is 20.0 Å². The molecule has 0 bridgehead atoms. The Morgan fingerprint density at radius 1 is 1.42 bits per heavy atom. The van der Waals surface area contributed by atoms with Crippen molar-refractivity contribution in [2.75, 3.05) is 0 Å². The Labute approximate surface area is 112 Å². The van der Waals surface area contributed by atoms with Gasteiger partial charge in [-0.2, -0.15) is 0 Å². The first-order chi connectivity index (χ1) is 9.31. The van der Waals surface area contributed by atoms with Gasteiger partial charge in [0.05, 0.1) is 6.04 Å². The highest BCUT2D eigenvalue weighted by Gasteiger charge is 2.31. The molecule has 0 amide bonds. The molecule has 1 aliphatic carbocycles. The van der Waals surface area contributed by atoms with E-state index in [4.69, 9.17) is 5.84 Å². The van der Waals surface area contributed by atoms with E-state index in [9.17, 15) is 0 Å². The Morgan fingerprint density at radius 3 is 3.05 bits per heavy atom. The second-order valence-corrected chi connectivity index (χ2v) is 5.09. The van der Waals surface area contributed by atoms with Gasteiger partial charge in [-0.3, -0.25) is 10.8 Å². The summed E-state index contributed by atoms with van der Waals surface area (Å²) in [5, 5.41) is 0. The zero-order valence-corrected chi connectivity index (χ0v) is 11.1. The van der Waals surface area contributed by atoms with E-state index in [0.29, 0.717) is 0 Å². The average molecular weight is 257 g/mol. The summed E-state index contributed by atoms with van der Waals surface area (Å²) in [6.45, 7) is 0. The van der Waals surface area contributed by atoms with Crippen LogP contribution in [0, 0.1) is 0 Å². The van der Waals surface area contributed by atoms with E-state index in [1.54, 1.807) is 0 Å². The van der Waals surface area contributed by atoms with Crippen molar-refractivity contribution in [3.05, 3.63) is 47.8 Å². The van der Waals surface area contributed by atoms with E-state index in [2.05, 4.69) is 21.5 Å². The summed E-state index contributed by atoms with van der Waals surface area (Å²) >= 11 is 0. The third-order valence-electron chi connectivity index (χ3n) is 3.96. The Bertz CT molecular complexity index is 562. The topological polar surface area (TPSA) is 68.8 Å². The van der Waals surface area contributed by atoms with Crippen LogP contribution in [0.3, 0.4) is 0 Å². The molecule has 2 heterocycles. The minimum atomic E-state index is 0.00829. The van der Waals surface area contributed by atoms with Crippen LogP contribution >= 0.6 is 0 Å². The fourth-order valence-electron chi connectivity index (χ4n) is 3.02. The summed E-state index contributed by atoms with van der Waals surface area (Å²) in [6, 6.07) is 4.18. The molecule has 0 spiro atoms. The molecule has 3 N–H and O–H groups in total. The number of aryl methyl sites for hydroxylation is 2. The maximum absolute atomic E-state index is 5.79. The van der Waals surface area contributed by atoms with Crippen LogP contribution in [0.5, 0.6) is 0 Å². The lowest BCUT2D eigenvalue weighted by molar-refractivity contribution is 0.379. The van der Waals surface area contributed by atoms with Crippen molar-refractivity contribution in [3.8, 4) is 0 Å². The number of rotatable bonds is 3. The van der Waals surface area contributed by atoms with E-state index >= 15 is 0 Å². The molecule has 5 nitrogen and oxygen atoms in total. The summed E-state index contributed by atoms with van der Waals surface area (Å²) in [6.07, 6.45) is 8.99. The third-order valence-corrected chi connectivity index (χ3v) is 3.96.